The lowest BCUT2D eigenvalue weighted by Gasteiger charge is -2.19. The lowest BCUT2D eigenvalue weighted by molar-refractivity contribution is -0.117. The van der Waals surface area contributed by atoms with Crippen molar-refractivity contribution >= 4 is 29.1 Å². The third kappa shape index (κ3) is 3.74. The SMILES string of the molecule is O=C(NCCc1ccccn1)c1ccc(Cl)cc1N1CCCC1=O. The number of halogens is 1. The van der Waals surface area contributed by atoms with Gasteiger partial charge in [-0.25, -0.2) is 0 Å². The highest BCUT2D eigenvalue weighted by molar-refractivity contribution is 6.31. The van der Waals surface area contributed by atoms with E-state index in [1.807, 2.05) is 18.2 Å². The molecular formula is C18H18ClN3O2. The molecule has 1 aliphatic heterocycles. The largest absolute Gasteiger partial charge is 0.352 e. The predicted molar refractivity (Wildman–Crippen MR) is 93.3 cm³/mol. The van der Waals surface area contributed by atoms with Gasteiger partial charge in [0.05, 0.1) is 11.3 Å². The molecule has 1 fully saturated rings. The monoisotopic (exact) mass is 343 g/mol. The molecule has 2 amide bonds. The van der Waals surface area contributed by atoms with Crippen LogP contribution in [0.2, 0.25) is 5.02 Å². The summed E-state index contributed by atoms with van der Waals surface area (Å²) in [5.41, 5.74) is 1.97. The maximum atomic E-state index is 12.5. The van der Waals surface area contributed by atoms with Crippen LogP contribution in [0.15, 0.2) is 42.6 Å². The van der Waals surface area contributed by atoms with Gasteiger partial charge >= 0.3 is 0 Å². The second-order valence-electron chi connectivity index (χ2n) is 5.64. The van der Waals surface area contributed by atoms with Gasteiger partial charge in [-0.05, 0) is 36.8 Å². The van der Waals surface area contributed by atoms with Crippen molar-refractivity contribution in [1.82, 2.24) is 10.3 Å². The number of nitrogens with one attached hydrogen (secondary N) is 1. The predicted octanol–water partition coefficient (Wildman–Crippen LogP) is 2.83. The Kier molecular flexibility index (Phi) is 5.11. The van der Waals surface area contributed by atoms with Crippen LogP contribution in [0.3, 0.4) is 0 Å². The van der Waals surface area contributed by atoms with Gasteiger partial charge in [-0.15, -0.1) is 0 Å². The molecule has 0 bridgehead atoms. The molecule has 1 N–H and O–H groups in total. The van der Waals surface area contributed by atoms with Gasteiger partial charge in [0.15, 0.2) is 0 Å². The van der Waals surface area contributed by atoms with Gasteiger partial charge in [-0.2, -0.15) is 0 Å². The minimum absolute atomic E-state index is 0.0276. The number of pyridine rings is 1. The average molecular weight is 344 g/mol. The summed E-state index contributed by atoms with van der Waals surface area (Å²) >= 11 is 6.05. The van der Waals surface area contributed by atoms with Crippen LogP contribution in [0.4, 0.5) is 5.69 Å². The standard InChI is InChI=1S/C18H18ClN3O2/c19-13-6-7-15(16(12-13)22-11-3-5-17(22)23)18(24)21-10-8-14-4-1-2-9-20-14/h1-2,4,6-7,9,12H,3,5,8,10-11H2,(H,21,24). The van der Waals surface area contributed by atoms with Crippen LogP contribution in [0.5, 0.6) is 0 Å². The molecule has 0 spiro atoms. The Morgan fingerprint density at radius 1 is 1.29 bits per heavy atom. The van der Waals surface area contributed by atoms with Gasteiger partial charge in [0.2, 0.25) is 5.91 Å². The summed E-state index contributed by atoms with van der Waals surface area (Å²) in [7, 11) is 0. The lowest BCUT2D eigenvalue weighted by Crippen LogP contribution is -2.30. The number of anilines is 1. The molecule has 5 nitrogen and oxygen atoms in total. The quantitative estimate of drug-likeness (QED) is 0.908. The van der Waals surface area contributed by atoms with Crippen LogP contribution in [-0.4, -0.2) is 29.9 Å². The smallest absolute Gasteiger partial charge is 0.253 e. The van der Waals surface area contributed by atoms with Crippen molar-refractivity contribution in [3.8, 4) is 0 Å². The molecule has 6 heteroatoms. The summed E-state index contributed by atoms with van der Waals surface area (Å²) in [6, 6.07) is 10.7. The van der Waals surface area contributed by atoms with Gasteiger partial charge in [0.1, 0.15) is 0 Å². The Morgan fingerprint density at radius 3 is 2.88 bits per heavy atom. The van der Waals surface area contributed by atoms with E-state index in [9.17, 15) is 9.59 Å². The first-order chi connectivity index (χ1) is 11.6. The van der Waals surface area contributed by atoms with Gasteiger partial charge in [-0.3, -0.25) is 14.6 Å². The first-order valence-electron chi connectivity index (χ1n) is 7.93. The summed E-state index contributed by atoms with van der Waals surface area (Å²) in [6.07, 6.45) is 3.69. The van der Waals surface area contributed by atoms with E-state index in [-0.39, 0.29) is 11.8 Å². The molecule has 2 aromatic rings. The maximum Gasteiger partial charge on any atom is 0.253 e. The summed E-state index contributed by atoms with van der Waals surface area (Å²) in [5.74, 6) is -0.183. The van der Waals surface area contributed by atoms with E-state index in [1.165, 1.54) is 0 Å². The van der Waals surface area contributed by atoms with E-state index >= 15 is 0 Å². The molecule has 0 atom stereocenters. The second kappa shape index (κ2) is 7.45. The third-order valence-electron chi connectivity index (χ3n) is 3.96. The molecular weight excluding hydrogens is 326 g/mol. The topological polar surface area (TPSA) is 62.3 Å². The number of carbonyl (C=O) groups is 2. The van der Waals surface area contributed by atoms with Gasteiger partial charge in [0.25, 0.3) is 5.91 Å². The number of carbonyl (C=O) groups excluding carboxylic acids is 2. The second-order valence-corrected chi connectivity index (χ2v) is 6.07. The van der Waals surface area contributed by atoms with E-state index in [1.54, 1.807) is 29.3 Å². The highest BCUT2D eigenvalue weighted by atomic mass is 35.5. The molecule has 0 unspecified atom stereocenters. The fraction of sp³-hybridized carbons (Fsp3) is 0.278. The average Bonchev–Trinajstić information content (AvgIpc) is 3.01. The molecule has 0 saturated carbocycles. The number of nitrogens with zero attached hydrogens (tertiary/aromatic N) is 2. The van der Waals surface area contributed by atoms with E-state index in [4.69, 9.17) is 11.6 Å². The Hall–Kier alpha value is -2.40. The van der Waals surface area contributed by atoms with Crippen LogP contribution < -0.4 is 10.2 Å². The number of benzene rings is 1. The van der Waals surface area contributed by atoms with Crippen molar-refractivity contribution < 1.29 is 9.59 Å². The van der Waals surface area contributed by atoms with Crippen molar-refractivity contribution in [3.63, 3.8) is 0 Å². The summed E-state index contributed by atoms with van der Waals surface area (Å²) in [5, 5.41) is 3.39. The van der Waals surface area contributed by atoms with Crippen LogP contribution >= 0.6 is 11.6 Å². The molecule has 2 heterocycles. The van der Waals surface area contributed by atoms with Crippen molar-refractivity contribution in [2.75, 3.05) is 18.0 Å². The van der Waals surface area contributed by atoms with Crippen LogP contribution in [0.25, 0.3) is 0 Å². The van der Waals surface area contributed by atoms with Gasteiger partial charge < -0.3 is 10.2 Å². The first kappa shape index (κ1) is 16.5. The molecule has 124 valence electrons. The molecule has 24 heavy (non-hydrogen) atoms. The molecule has 1 saturated heterocycles. The zero-order valence-corrected chi connectivity index (χ0v) is 13.9. The van der Waals surface area contributed by atoms with E-state index in [0.29, 0.717) is 42.2 Å². The number of amides is 2. The first-order valence-corrected chi connectivity index (χ1v) is 8.31. The lowest BCUT2D eigenvalue weighted by atomic mass is 10.1. The molecule has 0 aliphatic carbocycles. The van der Waals surface area contributed by atoms with Crippen molar-refractivity contribution in [2.24, 2.45) is 0 Å². The fourth-order valence-corrected chi connectivity index (χ4v) is 2.93. The van der Waals surface area contributed by atoms with E-state index in [0.717, 1.165) is 12.1 Å². The number of hydrogen-bond acceptors (Lipinski definition) is 3. The minimum Gasteiger partial charge on any atom is -0.352 e. The van der Waals surface area contributed by atoms with Crippen molar-refractivity contribution in [3.05, 3.63) is 58.9 Å². The summed E-state index contributed by atoms with van der Waals surface area (Å²) in [6.45, 7) is 1.10. The Labute approximate surface area is 145 Å². The minimum atomic E-state index is -0.211. The molecule has 1 aromatic heterocycles. The highest BCUT2D eigenvalue weighted by Gasteiger charge is 2.26. The molecule has 1 aromatic carbocycles. The van der Waals surface area contributed by atoms with Crippen LogP contribution in [-0.2, 0) is 11.2 Å². The maximum absolute atomic E-state index is 12.5. The third-order valence-corrected chi connectivity index (χ3v) is 4.20. The van der Waals surface area contributed by atoms with Gasteiger partial charge in [-0.1, -0.05) is 17.7 Å². The van der Waals surface area contributed by atoms with E-state index in [2.05, 4.69) is 10.3 Å². The molecule has 1 aliphatic rings. The number of hydrogen-bond donors (Lipinski definition) is 1. The summed E-state index contributed by atoms with van der Waals surface area (Å²) < 4.78 is 0. The van der Waals surface area contributed by atoms with Crippen molar-refractivity contribution in [1.29, 1.82) is 0 Å². The Morgan fingerprint density at radius 2 is 2.17 bits per heavy atom. The van der Waals surface area contributed by atoms with Crippen molar-refractivity contribution in [2.45, 2.75) is 19.3 Å². The van der Waals surface area contributed by atoms with Gasteiger partial charge in [0, 0.05) is 42.8 Å². The fourth-order valence-electron chi connectivity index (χ4n) is 2.77. The highest BCUT2D eigenvalue weighted by Crippen LogP contribution is 2.28. The zero-order valence-electron chi connectivity index (χ0n) is 13.2. The van der Waals surface area contributed by atoms with Crippen LogP contribution in [0.1, 0.15) is 28.9 Å². The Bertz CT molecular complexity index is 749. The molecule has 0 radical (unpaired) electrons. The number of aromatic nitrogens is 1. The number of rotatable bonds is 5. The zero-order chi connectivity index (χ0) is 16.9. The van der Waals surface area contributed by atoms with Crippen LogP contribution in [0, 0.1) is 0 Å². The van der Waals surface area contributed by atoms with E-state index < -0.39 is 0 Å². The Balaban J connectivity index is 1.71. The normalized spacial score (nSPS) is 14.0. The summed E-state index contributed by atoms with van der Waals surface area (Å²) in [4.78, 5) is 30.4. The molecule has 3 rings (SSSR count).